The molecule has 0 aliphatic carbocycles. The molecule has 0 unspecified atom stereocenters. The fourth-order valence-electron chi connectivity index (χ4n) is 4.01. The molecule has 0 saturated carbocycles. The van der Waals surface area contributed by atoms with E-state index in [1.165, 1.54) is 23.7 Å². The molecule has 0 bridgehead atoms. The van der Waals surface area contributed by atoms with Crippen LogP contribution in [-0.2, 0) is 19.6 Å². The van der Waals surface area contributed by atoms with E-state index < -0.39 is 29.1 Å². The van der Waals surface area contributed by atoms with Crippen LogP contribution in [0.4, 0.5) is 22.0 Å². The minimum Gasteiger partial charge on any atom is -0.311 e. The number of alkyl halides is 5. The van der Waals surface area contributed by atoms with Crippen LogP contribution in [0.25, 0.3) is 10.9 Å². The fourth-order valence-corrected chi connectivity index (χ4v) is 4.01. The number of aromatic nitrogens is 1. The topological polar surface area (TPSA) is 25.2 Å². The number of likely N-dealkylation sites (tertiary alicyclic amines) is 1. The van der Waals surface area contributed by atoms with Crippen LogP contribution < -0.4 is 5.56 Å². The predicted octanol–water partition coefficient (Wildman–Crippen LogP) is 4.95. The molecule has 3 rings (SSSR count). The third-order valence-corrected chi connectivity index (χ3v) is 5.66. The molecular formula is C21H25F5N2O. The van der Waals surface area contributed by atoms with Gasteiger partial charge in [0.25, 0.3) is 11.5 Å². The molecule has 1 aliphatic heterocycles. The molecule has 2 heterocycles. The molecule has 0 amide bonds. The lowest BCUT2D eigenvalue weighted by molar-refractivity contribution is -0.137. The summed E-state index contributed by atoms with van der Waals surface area (Å²) in [4.78, 5) is 14.5. The molecule has 0 N–H and O–H groups in total. The van der Waals surface area contributed by atoms with E-state index in [9.17, 15) is 26.7 Å². The molecule has 1 fully saturated rings. The van der Waals surface area contributed by atoms with Crippen molar-refractivity contribution in [3.63, 3.8) is 0 Å². The van der Waals surface area contributed by atoms with Crippen molar-refractivity contribution in [3.8, 4) is 0 Å². The first-order chi connectivity index (χ1) is 13.4. The number of aryl methyl sites for hydroxylation is 1. The van der Waals surface area contributed by atoms with Crippen LogP contribution in [0.2, 0.25) is 0 Å². The summed E-state index contributed by atoms with van der Waals surface area (Å²) >= 11 is 0. The van der Waals surface area contributed by atoms with Crippen LogP contribution in [0, 0.1) is 0 Å². The number of nitrogens with zero attached hydrogens (tertiary/aromatic N) is 2. The minimum absolute atomic E-state index is 0.00553. The van der Waals surface area contributed by atoms with Crippen molar-refractivity contribution in [1.29, 1.82) is 0 Å². The second kappa shape index (κ2) is 7.70. The largest absolute Gasteiger partial charge is 0.417 e. The van der Waals surface area contributed by atoms with E-state index in [1.54, 1.807) is 19.9 Å². The van der Waals surface area contributed by atoms with E-state index in [0.717, 1.165) is 0 Å². The highest BCUT2D eigenvalue weighted by Crippen LogP contribution is 2.38. The summed E-state index contributed by atoms with van der Waals surface area (Å²) in [5, 5.41) is 0.00553. The second-order valence-electron chi connectivity index (χ2n) is 8.10. The van der Waals surface area contributed by atoms with Gasteiger partial charge < -0.3 is 9.47 Å². The summed E-state index contributed by atoms with van der Waals surface area (Å²) in [6, 6.07) is 4.73. The summed E-state index contributed by atoms with van der Waals surface area (Å²) in [6.07, 6.45) is -4.58. The van der Waals surface area contributed by atoms with Crippen LogP contribution in [0.5, 0.6) is 0 Å². The molecule has 160 valence electrons. The second-order valence-corrected chi connectivity index (χ2v) is 8.10. The van der Waals surface area contributed by atoms with Crippen molar-refractivity contribution < 1.29 is 22.0 Å². The van der Waals surface area contributed by atoms with Gasteiger partial charge in [0, 0.05) is 50.5 Å². The molecule has 0 spiro atoms. The molecule has 8 heteroatoms. The maximum absolute atomic E-state index is 13.9. The first kappa shape index (κ1) is 21.7. The quantitative estimate of drug-likeness (QED) is 0.659. The lowest BCUT2D eigenvalue weighted by Gasteiger charge is -2.31. The number of fused-ring (bicyclic) bond motifs is 1. The Morgan fingerprint density at radius 2 is 1.76 bits per heavy atom. The summed E-state index contributed by atoms with van der Waals surface area (Å²) in [5.74, 6) is -3.20. The molecule has 1 aromatic heterocycles. The van der Waals surface area contributed by atoms with Crippen LogP contribution in [0.3, 0.4) is 0 Å². The Hall–Kier alpha value is -1.96. The maximum Gasteiger partial charge on any atom is 0.417 e. The number of pyridine rings is 1. The van der Waals surface area contributed by atoms with Crippen molar-refractivity contribution in [1.82, 2.24) is 9.47 Å². The number of piperidine rings is 1. The van der Waals surface area contributed by atoms with Gasteiger partial charge in [0.05, 0.1) is 11.1 Å². The highest BCUT2D eigenvalue weighted by atomic mass is 19.4. The van der Waals surface area contributed by atoms with E-state index in [2.05, 4.69) is 0 Å². The minimum atomic E-state index is -4.65. The lowest BCUT2D eigenvalue weighted by Crippen LogP contribution is -2.40. The van der Waals surface area contributed by atoms with Gasteiger partial charge in [-0.3, -0.25) is 4.79 Å². The molecule has 1 aliphatic rings. The Balaban J connectivity index is 1.98. The van der Waals surface area contributed by atoms with Gasteiger partial charge in [-0.25, -0.2) is 8.78 Å². The van der Waals surface area contributed by atoms with Crippen molar-refractivity contribution in [2.45, 2.75) is 51.1 Å². The summed E-state index contributed by atoms with van der Waals surface area (Å²) in [7, 11) is 1.48. The molecule has 2 aromatic rings. The molecule has 3 nitrogen and oxygen atoms in total. The highest BCUT2D eigenvalue weighted by Gasteiger charge is 2.38. The molecule has 29 heavy (non-hydrogen) atoms. The SMILES string of the molecule is CC(C)c1c(C(F)(F)F)c2cc(CCN3CCC(F)(F)CC3)ccc2n(C)c1=O. The number of rotatable bonds is 4. The van der Waals surface area contributed by atoms with E-state index in [-0.39, 0.29) is 42.4 Å². The van der Waals surface area contributed by atoms with Gasteiger partial charge >= 0.3 is 6.18 Å². The monoisotopic (exact) mass is 416 g/mol. The van der Waals surface area contributed by atoms with E-state index >= 15 is 0 Å². The first-order valence-corrected chi connectivity index (χ1v) is 9.73. The van der Waals surface area contributed by atoms with Crippen molar-refractivity contribution in [2.75, 3.05) is 19.6 Å². The van der Waals surface area contributed by atoms with E-state index in [0.29, 0.717) is 18.5 Å². The summed E-state index contributed by atoms with van der Waals surface area (Å²) < 4.78 is 69.5. The first-order valence-electron chi connectivity index (χ1n) is 9.73. The highest BCUT2D eigenvalue weighted by molar-refractivity contribution is 5.85. The van der Waals surface area contributed by atoms with E-state index in [4.69, 9.17) is 0 Å². The normalized spacial score (nSPS) is 18.0. The van der Waals surface area contributed by atoms with Crippen LogP contribution in [-0.4, -0.2) is 35.0 Å². The van der Waals surface area contributed by atoms with Gasteiger partial charge in [0.15, 0.2) is 0 Å². The smallest absolute Gasteiger partial charge is 0.311 e. The molecule has 0 radical (unpaired) electrons. The van der Waals surface area contributed by atoms with Gasteiger partial charge in [-0.2, -0.15) is 13.2 Å². The summed E-state index contributed by atoms with van der Waals surface area (Å²) in [5.41, 5.74) is -0.823. The number of hydrogen-bond acceptors (Lipinski definition) is 2. The molecular weight excluding hydrogens is 391 g/mol. The number of hydrogen-bond donors (Lipinski definition) is 0. The van der Waals surface area contributed by atoms with E-state index in [1.807, 2.05) is 4.90 Å². The fraction of sp³-hybridized carbons (Fsp3) is 0.571. The van der Waals surface area contributed by atoms with Gasteiger partial charge in [-0.1, -0.05) is 19.9 Å². The zero-order valence-corrected chi connectivity index (χ0v) is 16.7. The van der Waals surface area contributed by atoms with Gasteiger partial charge in [-0.05, 0) is 30.0 Å². The molecule has 1 aromatic carbocycles. The van der Waals surface area contributed by atoms with Gasteiger partial charge in [0.2, 0.25) is 0 Å². The van der Waals surface area contributed by atoms with Crippen LogP contribution in [0.15, 0.2) is 23.0 Å². The molecule has 0 atom stereocenters. The summed E-state index contributed by atoms with van der Waals surface area (Å²) in [6.45, 7) is 4.22. The Morgan fingerprint density at radius 1 is 1.14 bits per heavy atom. The van der Waals surface area contributed by atoms with Crippen molar-refractivity contribution in [3.05, 3.63) is 45.2 Å². The van der Waals surface area contributed by atoms with Crippen molar-refractivity contribution >= 4 is 10.9 Å². The maximum atomic E-state index is 13.9. The van der Waals surface area contributed by atoms with Crippen LogP contribution in [0.1, 0.15) is 49.3 Å². The van der Waals surface area contributed by atoms with Gasteiger partial charge in [-0.15, -0.1) is 0 Å². The Morgan fingerprint density at radius 3 is 2.31 bits per heavy atom. The number of halogens is 5. The zero-order chi connectivity index (χ0) is 21.6. The lowest BCUT2D eigenvalue weighted by atomic mass is 9.93. The Bertz CT molecular complexity index is 952. The van der Waals surface area contributed by atoms with Crippen LogP contribution >= 0.6 is 0 Å². The number of benzene rings is 1. The zero-order valence-electron chi connectivity index (χ0n) is 16.7. The van der Waals surface area contributed by atoms with Crippen molar-refractivity contribution in [2.24, 2.45) is 7.05 Å². The Labute approximate surface area is 166 Å². The third kappa shape index (κ3) is 4.47. The molecule has 1 saturated heterocycles. The average Bonchev–Trinajstić information content (AvgIpc) is 2.62. The predicted molar refractivity (Wildman–Crippen MR) is 103 cm³/mol. The average molecular weight is 416 g/mol. The van der Waals surface area contributed by atoms with Gasteiger partial charge in [0.1, 0.15) is 0 Å². The third-order valence-electron chi connectivity index (χ3n) is 5.66. The Kier molecular flexibility index (Phi) is 5.77. The standard InChI is InChI=1S/C21H25F5N2O/c1-13(2)17-18(21(24,25)26)15-12-14(4-5-16(15)27(3)19(17)29)6-9-28-10-7-20(22,23)8-11-28/h4-5,12-13H,6-11H2,1-3H3.